The molecule has 0 amide bonds. The molecule has 141 heavy (non-hydrogen) atoms. The summed E-state index contributed by atoms with van der Waals surface area (Å²) in [6.45, 7) is 4.48. The molecule has 0 bridgehead atoms. The summed E-state index contributed by atoms with van der Waals surface area (Å²) in [6, 6.07) is 150. The molecule has 19 rings (SSSR count). The molecule has 0 fully saturated rings. The molecule has 15 aromatic carbocycles. The molecule has 0 spiro atoms. The zero-order valence-electron chi connectivity index (χ0n) is 76.7. The molecule has 0 unspecified atom stereocenters. The maximum Gasteiger partial charge on any atom is 0.434 e. The molecule has 0 saturated heterocycles. The first-order valence-corrected chi connectivity index (χ1v) is 50.2. The van der Waals surface area contributed by atoms with Crippen molar-refractivity contribution in [1.82, 2.24) is 39.0 Å². The summed E-state index contributed by atoms with van der Waals surface area (Å²) in [5, 5.41) is 45.0. The summed E-state index contributed by atoms with van der Waals surface area (Å²) in [6.07, 6.45) is -5.00. The van der Waals surface area contributed by atoms with Gasteiger partial charge in [0.2, 0.25) is 16.9 Å². The Morgan fingerprint density at radius 1 is 0.326 bits per heavy atom. The maximum absolute atomic E-state index is 13.0. The van der Waals surface area contributed by atoms with Crippen LogP contribution in [0.3, 0.4) is 0 Å². The molecule has 4 heterocycles. The van der Waals surface area contributed by atoms with Crippen LogP contribution in [-0.4, -0.2) is 48.9 Å². The summed E-state index contributed by atoms with van der Waals surface area (Å²) in [5.74, 6) is 0.977. The number of nitrogens with one attached hydrogen (secondary N) is 2. The van der Waals surface area contributed by atoms with Crippen molar-refractivity contribution in [3.63, 3.8) is 0 Å². The van der Waals surface area contributed by atoms with E-state index < -0.39 is 65.3 Å². The van der Waals surface area contributed by atoms with Crippen molar-refractivity contribution in [2.75, 3.05) is 10.6 Å². The average molecular weight is 2060 g/mol. The summed E-state index contributed by atoms with van der Waals surface area (Å²) in [4.78, 5) is 44.7. The van der Waals surface area contributed by atoms with Gasteiger partial charge in [-0.1, -0.05) is 451 Å². The smallest absolute Gasteiger partial charge is 0.360 e. The zero-order valence-corrected chi connectivity index (χ0v) is 82.6. The van der Waals surface area contributed by atoms with Gasteiger partial charge in [-0.15, -0.1) is 0 Å². The number of halogens is 7. The van der Waals surface area contributed by atoms with Gasteiger partial charge in [-0.3, -0.25) is 20.2 Å². The standard InChI is InChI=1S/C25H23F3N6O2.4C18H15P.C16H12ClF3N6O2.Pd/c1-15(2)18-6-4-5-7-19(18)22-30-13-20(34(35)36)23(32-22)29-12-16-8-10-17(11-9-16)24-31-21(14-33(24)3)25(26,27)28;4*1-4-10-16(11-5-1)19(17-12-6-2-7-13-17)18-14-8-3-9-15-18;1-25-8-12(16(18,19)20)23-14(25)10-4-2-9(3-5-10)6-21-13-11(26(27)28)7-22-15(17)24-13;/h4-11,13-15H,12H2,1-3H3,(H,29,30,32);4*1-15H;2-5,7-8H,6H2,1H3,(H,21,22,24);. The van der Waals surface area contributed by atoms with Crippen LogP contribution >= 0.6 is 43.3 Å². The Bertz CT molecular complexity index is 6250. The molecule has 19 aromatic rings. The van der Waals surface area contributed by atoms with Gasteiger partial charge in [0, 0.05) is 76.7 Å². The number of nitro groups is 2. The van der Waals surface area contributed by atoms with Gasteiger partial charge in [-0.05, 0) is 130 Å². The van der Waals surface area contributed by atoms with E-state index >= 15 is 0 Å². The van der Waals surface area contributed by atoms with E-state index in [2.05, 4.69) is 405 Å². The van der Waals surface area contributed by atoms with E-state index in [0.29, 0.717) is 17.0 Å². The fourth-order valence-corrected chi connectivity index (χ4v) is 24.3. The van der Waals surface area contributed by atoms with Crippen LogP contribution in [0.2, 0.25) is 5.28 Å². The van der Waals surface area contributed by atoms with Crippen molar-refractivity contribution in [1.29, 1.82) is 0 Å². The van der Waals surface area contributed by atoms with Crippen LogP contribution in [0.4, 0.5) is 49.4 Å². The van der Waals surface area contributed by atoms with Gasteiger partial charge in [0.1, 0.15) is 24.0 Å². The van der Waals surface area contributed by atoms with E-state index in [4.69, 9.17) is 11.6 Å². The molecule has 0 saturated carbocycles. The van der Waals surface area contributed by atoms with Gasteiger partial charge < -0.3 is 19.8 Å². The summed E-state index contributed by atoms with van der Waals surface area (Å²) < 4.78 is 79.9. The Labute approximate surface area is 838 Å². The van der Waals surface area contributed by atoms with Crippen molar-refractivity contribution < 1.29 is 56.6 Å². The second-order valence-corrected chi connectivity index (χ2v) is 40.9. The SMILES string of the molecule is CC(C)c1ccccc1-c1ncc([N+](=O)[O-])c(NCc2ccc(-c3nc(C(F)(F)F)cn3C)cc2)n1.Cn1cc(C(F)(F)F)nc1-c1ccc(CNc2nc(Cl)ncc2[N+](=O)[O-])cc1.[Pd].c1ccc(P(c2ccccc2)c2ccccc2)cc1.c1ccc(P(c2ccccc2)c2ccccc2)cc1.c1ccc(P(c2ccccc2)c2ccccc2)cc1.c1ccc(P(c2ccccc2)c2ccccc2)cc1. The first kappa shape index (κ1) is 104. The third-order valence-corrected chi connectivity index (χ3v) is 31.5. The van der Waals surface area contributed by atoms with Crippen molar-refractivity contribution in [2.45, 2.75) is 45.2 Å². The van der Waals surface area contributed by atoms with Crippen LogP contribution in [0.1, 0.15) is 47.8 Å². The Kier molecular flexibility index (Phi) is 37.9. The number of alkyl halides is 6. The number of benzene rings is 15. The minimum absolute atomic E-state index is 0. The Hall–Kier alpha value is -14.5. The van der Waals surface area contributed by atoms with Crippen LogP contribution in [-0.2, 0) is 60.0 Å². The largest absolute Gasteiger partial charge is 0.434 e. The maximum atomic E-state index is 13.0. The number of imidazole rings is 2. The molecule has 0 aliphatic rings. The second kappa shape index (κ2) is 51.4. The predicted octanol–water partition coefficient (Wildman–Crippen LogP) is 24.1. The van der Waals surface area contributed by atoms with E-state index in [1.807, 2.05) is 38.1 Å². The van der Waals surface area contributed by atoms with Crippen LogP contribution in [0.15, 0.2) is 462 Å². The fraction of sp³-hybridized carbons (Fsp3) is 0.0796. The zero-order chi connectivity index (χ0) is 98.2. The van der Waals surface area contributed by atoms with Crippen molar-refractivity contribution >= 4 is 130 Å². The number of rotatable bonds is 24. The Morgan fingerprint density at radius 2 is 0.553 bits per heavy atom. The summed E-state index contributed by atoms with van der Waals surface area (Å²) in [7, 11) is 1.19. The molecule has 0 atom stereocenters. The molecular formula is C113H95ClF6N12O4P4Pd. The van der Waals surface area contributed by atoms with Crippen LogP contribution in [0.25, 0.3) is 34.2 Å². The molecule has 0 radical (unpaired) electrons. The van der Waals surface area contributed by atoms with Crippen molar-refractivity contribution in [2.24, 2.45) is 14.1 Å². The van der Waals surface area contributed by atoms with E-state index in [1.165, 1.54) is 93.1 Å². The third kappa shape index (κ3) is 29.1. The molecule has 0 aliphatic carbocycles. The Morgan fingerprint density at radius 3 is 0.780 bits per heavy atom. The molecule has 2 N–H and O–H groups in total. The van der Waals surface area contributed by atoms with E-state index in [0.717, 1.165) is 40.8 Å². The van der Waals surface area contributed by atoms with Gasteiger partial charge in [-0.25, -0.2) is 24.9 Å². The molecule has 0 aliphatic heterocycles. The molecular weight excluding hydrogens is 1970 g/mol. The monoisotopic (exact) mass is 2060 g/mol. The molecule has 4 aromatic heterocycles. The fourth-order valence-electron chi connectivity index (χ4n) is 15.0. The normalized spacial score (nSPS) is 11.0. The van der Waals surface area contributed by atoms with Crippen LogP contribution < -0.4 is 74.3 Å². The quantitative estimate of drug-likeness (QED) is 0.0145. The second-order valence-electron chi connectivity index (χ2n) is 31.6. The first-order chi connectivity index (χ1) is 68.0. The number of hydrogen-bond acceptors (Lipinski definition) is 12. The van der Waals surface area contributed by atoms with Crippen molar-refractivity contribution in [3.8, 4) is 34.2 Å². The Balaban J connectivity index is 0.000000145. The van der Waals surface area contributed by atoms with Gasteiger partial charge >= 0.3 is 23.7 Å². The van der Waals surface area contributed by atoms with Crippen LogP contribution in [0.5, 0.6) is 0 Å². The predicted molar refractivity (Wildman–Crippen MR) is 564 cm³/mol. The van der Waals surface area contributed by atoms with Gasteiger partial charge in [0.05, 0.1) is 9.85 Å². The average Bonchev–Trinajstić information content (AvgIpc) is 1.75. The minimum Gasteiger partial charge on any atom is -0.360 e. The number of hydrogen-bond donors (Lipinski definition) is 2. The van der Waals surface area contributed by atoms with E-state index in [9.17, 15) is 46.6 Å². The third-order valence-electron chi connectivity index (χ3n) is 21.6. The topological polar surface area (TPSA) is 198 Å². The first-order valence-electron chi connectivity index (χ1n) is 44.5. The number of nitrogens with zero attached hydrogens (tertiary/aromatic N) is 10. The van der Waals surface area contributed by atoms with Gasteiger partial charge in [0.25, 0.3) is 0 Å². The van der Waals surface area contributed by atoms with E-state index in [1.54, 1.807) is 48.5 Å². The molecule has 710 valence electrons. The van der Waals surface area contributed by atoms with E-state index in [-0.39, 0.29) is 79.4 Å². The molecule has 16 nitrogen and oxygen atoms in total. The summed E-state index contributed by atoms with van der Waals surface area (Å²) in [5.41, 5.74) is 1.78. The number of anilines is 2. The van der Waals surface area contributed by atoms with Gasteiger partial charge in [-0.2, -0.15) is 31.3 Å². The molecule has 28 heteroatoms. The summed E-state index contributed by atoms with van der Waals surface area (Å²) >= 11 is 5.67. The number of aryl methyl sites for hydroxylation is 2. The van der Waals surface area contributed by atoms with Gasteiger partial charge in [0.15, 0.2) is 17.2 Å². The van der Waals surface area contributed by atoms with Crippen LogP contribution in [0, 0.1) is 20.2 Å². The number of aromatic nitrogens is 8. The minimum atomic E-state index is -4.53. The van der Waals surface area contributed by atoms with Crippen molar-refractivity contribution in [3.05, 3.63) is 515 Å².